The third-order valence-corrected chi connectivity index (χ3v) is 4.51. The third kappa shape index (κ3) is 4.72. The van der Waals surface area contributed by atoms with Crippen molar-refractivity contribution >= 4 is 5.69 Å². The number of rotatable bonds is 6. The second-order valence-electron chi connectivity index (χ2n) is 6.17. The van der Waals surface area contributed by atoms with E-state index < -0.39 is 0 Å². The zero-order valence-corrected chi connectivity index (χ0v) is 13.8. The molecule has 0 amide bonds. The van der Waals surface area contributed by atoms with Gasteiger partial charge in [0.1, 0.15) is 0 Å². The van der Waals surface area contributed by atoms with Crippen molar-refractivity contribution in [2.24, 2.45) is 0 Å². The van der Waals surface area contributed by atoms with E-state index in [0.29, 0.717) is 6.04 Å². The Morgan fingerprint density at radius 1 is 1.29 bits per heavy atom. The van der Waals surface area contributed by atoms with Gasteiger partial charge >= 0.3 is 0 Å². The van der Waals surface area contributed by atoms with Crippen molar-refractivity contribution in [2.45, 2.75) is 52.1 Å². The van der Waals surface area contributed by atoms with Crippen molar-refractivity contribution in [1.29, 1.82) is 0 Å². The SMILES string of the molecule is COCCNCc1ccc(N2CCCCCC2C)cc1C. The molecular formula is C18H30N2O. The Bertz CT molecular complexity index is 433. The molecule has 1 heterocycles. The van der Waals surface area contributed by atoms with Gasteiger partial charge in [0.25, 0.3) is 0 Å². The maximum absolute atomic E-state index is 5.06. The molecule has 1 N–H and O–H groups in total. The molecule has 1 aromatic rings. The van der Waals surface area contributed by atoms with E-state index in [9.17, 15) is 0 Å². The van der Waals surface area contributed by atoms with Gasteiger partial charge in [0.05, 0.1) is 6.61 Å². The van der Waals surface area contributed by atoms with Crippen molar-refractivity contribution in [2.75, 3.05) is 31.7 Å². The maximum Gasteiger partial charge on any atom is 0.0587 e. The highest BCUT2D eigenvalue weighted by Gasteiger charge is 2.17. The Morgan fingerprint density at radius 3 is 2.90 bits per heavy atom. The molecule has 0 aliphatic carbocycles. The average Bonchev–Trinajstić information content (AvgIpc) is 2.69. The molecule has 0 spiro atoms. The maximum atomic E-state index is 5.06. The van der Waals surface area contributed by atoms with E-state index >= 15 is 0 Å². The number of anilines is 1. The van der Waals surface area contributed by atoms with Crippen LogP contribution >= 0.6 is 0 Å². The molecule has 21 heavy (non-hydrogen) atoms. The number of hydrogen-bond acceptors (Lipinski definition) is 3. The number of nitrogens with zero attached hydrogens (tertiary/aromatic N) is 1. The molecule has 1 fully saturated rings. The minimum atomic E-state index is 0.664. The number of aryl methyl sites for hydroxylation is 1. The van der Waals surface area contributed by atoms with E-state index in [1.807, 2.05) is 0 Å². The highest BCUT2D eigenvalue weighted by molar-refractivity contribution is 5.51. The van der Waals surface area contributed by atoms with Crippen LogP contribution < -0.4 is 10.2 Å². The smallest absolute Gasteiger partial charge is 0.0587 e. The summed E-state index contributed by atoms with van der Waals surface area (Å²) in [5.41, 5.74) is 4.16. The van der Waals surface area contributed by atoms with Crippen molar-refractivity contribution in [3.63, 3.8) is 0 Å². The summed E-state index contributed by atoms with van der Waals surface area (Å²) < 4.78 is 5.06. The first kappa shape index (κ1) is 16.3. The second kappa shape index (κ2) is 8.40. The zero-order valence-electron chi connectivity index (χ0n) is 13.8. The second-order valence-corrected chi connectivity index (χ2v) is 6.17. The molecule has 0 saturated carbocycles. The van der Waals surface area contributed by atoms with E-state index in [0.717, 1.165) is 19.7 Å². The van der Waals surface area contributed by atoms with Crippen LogP contribution in [0.5, 0.6) is 0 Å². The summed E-state index contributed by atoms with van der Waals surface area (Å²) in [6.45, 7) is 8.38. The highest BCUT2D eigenvalue weighted by atomic mass is 16.5. The molecular weight excluding hydrogens is 260 g/mol. The summed E-state index contributed by atoms with van der Waals surface area (Å²) in [6, 6.07) is 7.59. The normalized spacial score (nSPS) is 19.6. The summed E-state index contributed by atoms with van der Waals surface area (Å²) >= 11 is 0. The molecule has 1 aliphatic heterocycles. The molecule has 1 atom stereocenters. The third-order valence-electron chi connectivity index (χ3n) is 4.51. The van der Waals surface area contributed by atoms with Gasteiger partial charge in [-0.2, -0.15) is 0 Å². The number of nitrogens with one attached hydrogen (secondary N) is 1. The van der Waals surface area contributed by atoms with Gasteiger partial charge in [-0.3, -0.25) is 0 Å². The van der Waals surface area contributed by atoms with Crippen molar-refractivity contribution in [3.05, 3.63) is 29.3 Å². The molecule has 3 heteroatoms. The van der Waals surface area contributed by atoms with E-state index in [1.54, 1.807) is 7.11 Å². The van der Waals surface area contributed by atoms with Gasteiger partial charge in [0.2, 0.25) is 0 Å². The predicted molar refractivity (Wildman–Crippen MR) is 90.0 cm³/mol. The van der Waals surface area contributed by atoms with Gasteiger partial charge < -0.3 is 15.0 Å². The molecule has 118 valence electrons. The fourth-order valence-electron chi connectivity index (χ4n) is 3.11. The molecule has 2 rings (SSSR count). The van der Waals surface area contributed by atoms with Gasteiger partial charge in [-0.15, -0.1) is 0 Å². The van der Waals surface area contributed by atoms with Crippen LogP contribution in [-0.4, -0.2) is 32.8 Å². The summed E-state index contributed by atoms with van der Waals surface area (Å²) in [4.78, 5) is 2.59. The lowest BCUT2D eigenvalue weighted by molar-refractivity contribution is 0.199. The Balaban J connectivity index is 2.00. The molecule has 3 nitrogen and oxygen atoms in total. The molecule has 1 aromatic carbocycles. The van der Waals surface area contributed by atoms with Crippen molar-refractivity contribution in [3.8, 4) is 0 Å². The van der Waals surface area contributed by atoms with E-state index in [-0.39, 0.29) is 0 Å². The minimum absolute atomic E-state index is 0.664. The lowest BCUT2D eigenvalue weighted by atomic mass is 10.1. The van der Waals surface area contributed by atoms with Crippen LogP contribution in [0.4, 0.5) is 5.69 Å². The standard InChI is InChI=1S/C18H30N2O/c1-15-13-18(20-11-6-4-5-7-16(20)2)9-8-17(15)14-19-10-12-21-3/h8-9,13,16,19H,4-7,10-12,14H2,1-3H3. The Labute approximate surface area is 129 Å². The fourth-order valence-corrected chi connectivity index (χ4v) is 3.11. The largest absolute Gasteiger partial charge is 0.383 e. The van der Waals surface area contributed by atoms with Crippen LogP contribution in [0.1, 0.15) is 43.7 Å². The van der Waals surface area contributed by atoms with Gasteiger partial charge in [-0.25, -0.2) is 0 Å². The number of benzene rings is 1. The van der Waals surface area contributed by atoms with E-state index in [4.69, 9.17) is 4.74 Å². The summed E-state index contributed by atoms with van der Waals surface area (Å²) in [6.07, 6.45) is 5.39. The Hall–Kier alpha value is -1.06. The van der Waals surface area contributed by atoms with Crippen LogP contribution in [-0.2, 0) is 11.3 Å². The monoisotopic (exact) mass is 290 g/mol. The van der Waals surface area contributed by atoms with Gasteiger partial charge in [-0.05, 0) is 49.9 Å². The first-order valence-corrected chi connectivity index (χ1v) is 8.28. The quantitative estimate of drug-likeness (QED) is 0.812. The number of hydrogen-bond donors (Lipinski definition) is 1. The lowest BCUT2D eigenvalue weighted by Gasteiger charge is -2.30. The van der Waals surface area contributed by atoms with Crippen LogP contribution in [0.3, 0.4) is 0 Å². The van der Waals surface area contributed by atoms with Crippen molar-refractivity contribution < 1.29 is 4.74 Å². The van der Waals surface area contributed by atoms with Gasteiger partial charge in [-0.1, -0.05) is 18.9 Å². The lowest BCUT2D eigenvalue weighted by Crippen LogP contribution is -2.32. The Kier molecular flexibility index (Phi) is 6.52. The van der Waals surface area contributed by atoms with Crippen LogP contribution in [0.2, 0.25) is 0 Å². The molecule has 0 bridgehead atoms. The molecule has 0 aromatic heterocycles. The van der Waals surface area contributed by atoms with Gasteiger partial charge in [0, 0.05) is 38.5 Å². The predicted octanol–water partition coefficient (Wildman–Crippen LogP) is 3.50. The van der Waals surface area contributed by atoms with Crippen molar-refractivity contribution in [1.82, 2.24) is 5.32 Å². The molecule has 1 aliphatic rings. The van der Waals surface area contributed by atoms with E-state index in [1.165, 1.54) is 49.0 Å². The molecule has 0 radical (unpaired) electrons. The van der Waals surface area contributed by atoms with Crippen LogP contribution in [0.25, 0.3) is 0 Å². The number of methoxy groups -OCH3 is 1. The van der Waals surface area contributed by atoms with Crippen LogP contribution in [0.15, 0.2) is 18.2 Å². The Morgan fingerprint density at radius 2 is 2.14 bits per heavy atom. The molecule has 1 unspecified atom stereocenters. The summed E-state index contributed by atoms with van der Waals surface area (Å²) in [7, 11) is 1.74. The van der Waals surface area contributed by atoms with Crippen LogP contribution in [0, 0.1) is 6.92 Å². The average molecular weight is 290 g/mol. The fraction of sp³-hybridized carbons (Fsp3) is 0.667. The first-order chi connectivity index (χ1) is 10.2. The minimum Gasteiger partial charge on any atom is -0.383 e. The highest BCUT2D eigenvalue weighted by Crippen LogP contribution is 2.26. The van der Waals surface area contributed by atoms with E-state index in [2.05, 4.69) is 42.3 Å². The molecule has 1 saturated heterocycles. The summed E-state index contributed by atoms with van der Waals surface area (Å²) in [5, 5.41) is 3.42. The zero-order chi connectivity index (χ0) is 15.1. The topological polar surface area (TPSA) is 24.5 Å². The summed E-state index contributed by atoms with van der Waals surface area (Å²) in [5.74, 6) is 0. The number of ether oxygens (including phenoxy) is 1. The first-order valence-electron chi connectivity index (χ1n) is 8.28. The van der Waals surface area contributed by atoms with Gasteiger partial charge in [0.15, 0.2) is 0 Å².